The number of rotatable bonds is 3. The van der Waals surface area contributed by atoms with Gasteiger partial charge in [-0.2, -0.15) is 0 Å². The molecule has 90 valence electrons. The Kier molecular flexibility index (Phi) is 3.95. The number of aromatic nitrogens is 1. The molecule has 1 saturated heterocycles. The van der Waals surface area contributed by atoms with Crippen LogP contribution in [0, 0.1) is 5.92 Å². The highest BCUT2D eigenvalue weighted by Crippen LogP contribution is 2.18. The molecule has 16 heavy (non-hydrogen) atoms. The van der Waals surface area contributed by atoms with Crippen molar-refractivity contribution in [3.63, 3.8) is 0 Å². The Hall–Kier alpha value is -0.450. The Morgan fingerprint density at radius 2 is 2.44 bits per heavy atom. The summed E-state index contributed by atoms with van der Waals surface area (Å²) in [7, 11) is 0. The van der Waals surface area contributed by atoms with Crippen molar-refractivity contribution in [1.29, 1.82) is 0 Å². The molecule has 0 radical (unpaired) electrons. The van der Waals surface area contributed by atoms with E-state index in [2.05, 4.69) is 41.4 Å². The molecule has 0 saturated carbocycles. The van der Waals surface area contributed by atoms with Gasteiger partial charge in [0.15, 0.2) is 0 Å². The number of hydrogen-bond acceptors (Lipinski definition) is 4. The molecule has 0 spiro atoms. The Morgan fingerprint density at radius 1 is 1.62 bits per heavy atom. The zero-order valence-electron chi connectivity index (χ0n) is 10.3. The number of hydrogen-bond donors (Lipinski definition) is 1. The average molecular weight is 239 g/mol. The summed E-state index contributed by atoms with van der Waals surface area (Å²) in [6, 6.07) is 1.23. The topological polar surface area (TPSA) is 28.2 Å². The summed E-state index contributed by atoms with van der Waals surface area (Å²) in [5.41, 5.74) is 3.13. The van der Waals surface area contributed by atoms with Gasteiger partial charge in [0.25, 0.3) is 0 Å². The monoisotopic (exact) mass is 239 g/mol. The van der Waals surface area contributed by atoms with Crippen molar-refractivity contribution in [2.24, 2.45) is 5.92 Å². The van der Waals surface area contributed by atoms with E-state index >= 15 is 0 Å². The highest BCUT2D eigenvalue weighted by Gasteiger charge is 2.28. The van der Waals surface area contributed by atoms with Crippen LogP contribution in [-0.4, -0.2) is 35.1 Å². The molecule has 1 fully saturated rings. The van der Waals surface area contributed by atoms with Gasteiger partial charge in [-0.25, -0.2) is 4.98 Å². The molecule has 3 nitrogen and oxygen atoms in total. The quantitative estimate of drug-likeness (QED) is 0.874. The first-order valence-electron chi connectivity index (χ1n) is 6.01. The van der Waals surface area contributed by atoms with Crippen molar-refractivity contribution in [3.8, 4) is 0 Å². The molecular formula is C12H21N3S. The van der Waals surface area contributed by atoms with Gasteiger partial charge in [0, 0.05) is 37.1 Å². The molecular weight excluding hydrogens is 218 g/mol. The molecule has 0 aromatic carbocycles. The van der Waals surface area contributed by atoms with Crippen molar-refractivity contribution >= 4 is 11.3 Å². The number of nitrogens with zero attached hydrogens (tertiary/aromatic N) is 2. The molecule has 1 aromatic rings. The van der Waals surface area contributed by atoms with Crippen LogP contribution in [0.25, 0.3) is 0 Å². The summed E-state index contributed by atoms with van der Waals surface area (Å²) in [6.07, 6.45) is 0. The normalized spacial score (nSPS) is 27.5. The fourth-order valence-electron chi connectivity index (χ4n) is 2.37. The zero-order valence-corrected chi connectivity index (χ0v) is 11.1. The minimum Gasteiger partial charge on any atom is -0.311 e. The predicted molar refractivity (Wildman–Crippen MR) is 68.6 cm³/mol. The minimum absolute atomic E-state index is 0.591. The number of piperazine rings is 1. The highest BCUT2D eigenvalue weighted by atomic mass is 32.1. The maximum Gasteiger partial charge on any atom is 0.0795 e. The summed E-state index contributed by atoms with van der Waals surface area (Å²) in [4.78, 5) is 6.96. The van der Waals surface area contributed by atoms with Gasteiger partial charge in [0.05, 0.1) is 11.2 Å². The van der Waals surface area contributed by atoms with E-state index in [0.29, 0.717) is 18.0 Å². The Morgan fingerprint density at radius 3 is 3.06 bits per heavy atom. The van der Waals surface area contributed by atoms with Crippen molar-refractivity contribution in [3.05, 3.63) is 16.6 Å². The van der Waals surface area contributed by atoms with E-state index in [0.717, 1.165) is 19.6 Å². The van der Waals surface area contributed by atoms with Crippen LogP contribution in [0.5, 0.6) is 0 Å². The first kappa shape index (κ1) is 12.0. The molecule has 4 heteroatoms. The summed E-state index contributed by atoms with van der Waals surface area (Å²) < 4.78 is 0. The predicted octanol–water partition coefficient (Wildman–Crippen LogP) is 1.96. The Labute approximate surface area is 102 Å². The molecule has 1 N–H and O–H groups in total. The first-order chi connectivity index (χ1) is 7.66. The van der Waals surface area contributed by atoms with Crippen LogP contribution < -0.4 is 5.32 Å². The van der Waals surface area contributed by atoms with E-state index in [1.165, 1.54) is 5.69 Å². The Bertz CT molecular complexity index is 310. The molecule has 2 heterocycles. The van der Waals surface area contributed by atoms with Gasteiger partial charge in [-0.05, 0) is 12.8 Å². The molecule has 1 aromatic heterocycles. The van der Waals surface area contributed by atoms with Gasteiger partial charge < -0.3 is 5.32 Å². The van der Waals surface area contributed by atoms with E-state index in [1.807, 2.05) is 5.51 Å². The minimum atomic E-state index is 0.591. The van der Waals surface area contributed by atoms with Crippen molar-refractivity contribution in [2.75, 3.05) is 13.1 Å². The van der Waals surface area contributed by atoms with Crippen molar-refractivity contribution < 1.29 is 0 Å². The van der Waals surface area contributed by atoms with E-state index in [9.17, 15) is 0 Å². The van der Waals surface area contributed by atoms with Gasteiger partial charge in [0.1, 0.15) is 0 Å². The summed E-state index contributed by atoms with van der Waals surface area (Å²) in [5.74, 6) is 0.693. The number of thiazole rings is 1. The first-order valence-corrected chi connectivity index (χ1v) is 6.95. The fourth-order valence-corrected chi connectivity index (χ4v) is 2.92. The van der Waals surface area contributed by atoms with Gasteiger partial charge >= 0.3 is 0 Å². The van der Waals surface area contributed by atoms with Crippen LogP contribution in [-0.2, 0) is 6.54 Å². The number of nitrogens with one attached hydrogen (secondary N) is 1. The largest absolute Gasteiger partial charge is 0.311 e. The second-order valence-electron chi connectivity index (χ2n) is 5.03. The van der Waals surface area contributed by atoms with Crippen LogP contribution in [0.1, 0.15) is 26.5 Å². The molecule has 1 aliphatic heterocycles. The van der Waals surface area contributed by atoms with Crippen LogP contribution in [0.2, 0.25) is 0 Å². The van der Waals surface area contributed by atoms with Crippen molar-refractivity contribution in [1.82, 2.24) is 15.2 Å². The van der Waals surface area contributed by atoms with E-state index in [1.54, 1.807) is 11.3 Å². The van der Waals surface area contributed by atoms with Crippen LogP contribution in [0.3, 0.4) is 0 Å². The SMILES string of the molecule is CC1CN(Cc2cscn2)C(C(C)C)CN1. The lowest BCUT2D eigenvalue weighted by Crippen LogP contribution is -2.56. The highest BCUT2D eigenvalue weighted by molar-refractivity contribution is 7.07. The van der Waals surface area contributed by atoms with E-state index < -0.39 is 0 Å². The smallest absolute Gasteiger partial charge is 0.0795 e. The summed E-state index contributed by atoms with van der Waals surface area (Å²) >= 11 is 1.69. The standard InChI is InChI=1S/C12H21N3S/c1-9(2)12-4-13-10(3)5-15(12)6-11-7-16-8-14-11/h7-10,12-13H,4-6H2,1-3H3. The molecule has 1 aliphatic rings. The van der Waals surface area contributed by atoms with Gasteiger partial charge in [-0.15, -0.1) is 11.3 Å². The molecule has 0 bridgehead atoms. The van der Waals surface area contributed by atoms with Gasteiger partial charge in [-0.1, -0.05) is 13.8 Å². The summed E-state index contributed by atoms with van der Waals surface area (Å²) in [6.45, 7) is 10.1. The zero-order chi connectivity index (χ0) is 11.5. The third-order valence-electron chi connectivity index (χ3n) is 3.27. The maximum absolute atomic E-state index is 4.39. The van der Waals surface area contributed by atoms with Crippen LogP contribution >= 0.6 is 11.3 Å². The molecule has 2 unspecified atom stereocenters. The third-order valence-corrected chi connectivity index (χ3v) is 3.91. The maximum atomic E-state index is 4.39. The summed E-state index contributed by atoms with van der Waals surface area (Å²) in [5, 5.41) is 5.72. The molecule has 2 rings (SSSR count). The lowest BCUT2D eigenvalue weighted by atomic mass is 9.98. The lowest BCUT2D eigenvalue weighted by molar-refractivity contribution is 0.0945. The van der Waals surface area contributed by atoms with Crippen LogP contribution in [0.4, 0.5) is 0 Å². The van der Waals surface area contributed by atoms with Gasteiger partial charge in [-0.3, -0.25) is 4.90 Å². The average Bonchev–Trinajstić information content (AvgIpc) is 2.70. The fraction of sp³-hybridized carbons (Fsp3) is 0.750. The van der Waals surface area contributed by atoms with Crippen LogP contribution in [0.15, 0.2) is 10.9 Å². The molecule has 2 atom stereocenters. The second kappa shape index (κ2) is 5.25. The second-order valence-corrected chi connectivity index (χ2v) is 5.75. The lowest BCUT2D eigenvalue weighted by Gasteiger charge is -2.41. The molecule has 0 aliphatic carbocycles. The Balaban J connectivity index is 2.02. The van der Waals surface area contributed by atoms with Gasteiger partial charge in [0.2, 0.25) is 0 Å². The third kappa shape index (κ3) is 2.81. The molecule has 0 amide bonds. The van der Waals surface area contributed by atoms with E-state index in [4.69, 9.17) is 0 Å². The van der Waals surface area contributed by atoms with Crippen molar-refractivity contribution in [2.45, 2.75) is 39.4 Å². The van der Waals surface area contributed by atoms with E-state index in [-0.39, 0.29) is 0 Å².